The van der Waals surface area contributed by atoms with E-state index in [2.05, 4.69) is 42.7 Å². The zero-order valence-electron chi connectivity index (χ0n) is 9.58. The van der Waals surface area contributed by atoms with E-state index in [0.717, 1.165) is 5.92 Å². The summed E-state index contributed by atoms with van der Waals surface area (Å²) in [7, 11) is 2.09. The molecular weight excluding hydrogens is 182 g/mol. The van der Waals surface area contributed by atoms with Crippen LogP contribution in [0.1, 0.15) is 43.7 Å². The topological polar surface area (TPSA) is 12.0 Å². The Morgan fingerprint density at radius 2 is 1.73 bits per heavy atom. The molecule has 15 heavy (non-hydrogen) atoms. The van der Waals surface area contributed by atoms with Crippen molar-refractivity contribution in [1.82, 2.24) is 5.32 Å². The van der Waals surface area contributed by atoms with Gasteiger partial charge in [0.25, 0.3) is 0 Å². The van der Waals surface area contributed by atoms with Crippen molar-refractivity contribution in [3.05, 3.63) is 35.9 Å². The highest BCUT2D eigenvalue weighted by Gasteiger charge is 2.23. The number of hydrogen-bond acceptors (Lipinski definition) is 1. The molecule has 0 bridgehead atoms. The van der Waals surface area contributed by atoms with Crippen LogP contribution in [0.5, 0.6) is 0 Å². The summed E-state index contributed by atoms with van der Waals surface area (Å²) >= 11 is 0. The SMILES string of the molecule is CN[C@@H](c1ccccc1)C1CCCCC1. The second kappa shape index (κ2) is 5.32. The lowest BCUT2D eigenvalue weighted by Crippen LogP contribution is -2.26. The van der Waals surface area contributed by atoms with Gasteiger partial charge in [0.1, 0.15) is 0 Å². The molecule has 0 spiro atoms. The highest BCUT2D eigenvalue weighted by atomic mass is 14.9. The van der Waals surface area contributed by atoms with E-state index in [1.54, 1.807) is 0 Å². The predicted molar refractivity (Wildman–Crippen MR) is 64.8 cm³/mol. The first-order valence-electron chi connectivity index (χ1n) is 6.14. The Bertz CT molecular complexity index is 275. The van der Waals surface area contributed by atoms with Crippen LogP contribution >= 0.6 is 0 Å². The van der Waals surface area contributed by atoms with Gasteiger partial charge in [0.2, 0.25) is 0 Å². The van der Waals surface area contributed by atoms with Crippen LogP contribution in [0.25, 0.3) is 0 Å². The lowest BCUT2D eigenvalue weighted by atomic mass is 9.81. The Hall–Kier alpha value is -0.820. The first kappa shape index (κ1) is 10.7. The fourth-order valence-corrected chi connectivity index (χ4v) is 2.80. The predicted octanol–water partition coefficient (Wildman–Crippen LogP) is 3.53. The molecule has 1 heteroatoms. The zero-order valence-corrected chi connectivity index (χ0v) is 9.58. The third-order valence-electron chi connectivity index (χ3n) is 3.59. The minimum absolute atomic E-state index is 0.562. The second-order valence-electron chi connectivity index (χ2n) is 4.58. The summed E-state index contributed by atoms with van der Waals surface area (Å²) in [6.45, 7) is 0. The Kier molecular flexibility index (Phi) is 3.79. The van der Waals surface area contributed by atoms with Crippen molar-refractivity contribution in [2.75, 3.05) is 7.05 Å². The van der Waals surface area contributed by atoms with Crippen LogP contribution in [0.4, 0.5) is 0 Å². The van der Waals surface area contributed by atoms with E-state index in [0.29, 0.717) is 6.04 Å². The smallest absolute Gasteiger partial charge is 0.0346 e. The number of rotatable bonds is 3. The fourth-order valence-electron chi connectivity index (χ4n) is 2.80. The zero-order chi connectivity index (χ0) is 10.5. The van der Waals surface area contributed by atoms with Gasteiger partial charge in [0.15, 0.2) is 0 Å². The van der Waals surface area contributed by atoms with Crippen molar-refractivity contribution in [3.8, 4) is 0 Å². The molecule has 1 saturated carbocycles. The third-order valence-corrected chi connectivity index (χ3v) is 3.59. The molecule has 1 N–H and O–H groups in total. The summed E-state index contributed by atoms with van der Waals surface area (Å²) in [5.74, 6) is 0.839. The summed E-state index contributed by atoms with van der Waals surface area (Å²) in [6, 6.07) is 11.4. The molecule has 1 aliphatic carbocycles. The first-order valence-corrected chi connectivity index (χ1v) is 6.14. The lowest BCUT2D eigenvalue weighted by molar-refractivity contribution is 0.281. The molecule has 2 rings (SSSR count). The molecule has 82 valence electrons. The quantitative estimate of drug-likeness (QED) is 0.792. The first-order chi connectivity index (χ1) is 7.42. The molecule has 1 nitrogen and oxygen atoms in total. The fraction of sp³-hybridized carbons (Fsp3) is 0.571. The minimum Gasteiger partial charge on any atom is -0.313 e. The van der Waals surface area contributed by atoms with Gasteiger partial charge >= 0.3 is 0 Å². The Morgan fingerprint density at radius 1 is 1.07 bits per heavy atom. The number of nitrogens with one attached hydrogen (secondary N) is 1. The van der Waals surface area contributed by atoms with Crippen LogP contribution in [0.3, 0.4) is 0 Å². The monoisotopic (exact) mass is 203 g/mol. The van der Waals surface area contributed by atoms with Crippen LogP contribution in [0.15, 0.2) is 30.3 Å². The molecule has 1 aromatic carbocycles. The van der Waals surface area contributed by atoms with Gasteiger partial charge in [-0.25, -0.2) is 0 Å². The third kappa shape index (κ3) is 2.60. The molecular formula is C14H21N. The molecule has 0 unspecified atom stereocenters. The van der Waals surface area contributed by atoms with Crippen molar-refractivity contribution >= 4 is 0 Å². The van der Waals surface area contributed by atoms with E-state index in [9.17, 15) is 0 Å². The van der Waals surface area contributed by atoms with Crippen LogP contribution in [-0.2, 0) is 0 Å². The van der Waals surface area contributed by atoms with Crippen molar-refractivity contribution in [1.29, 1.82) is 0 Å². The Labute approximate surface area is 92.9 Å². The van der Waals surface area contributed by atoms with Gasteiger partial charge in [-0.1, -0.05) is 49.6 Å². The molecule has 1 fully saturated rings. The van der Waals surface area contributed by atoms with E-state index in [-0.39, 0.29) is 0 Å². The van der Waals surface area contributed by atoms with Gasteiger partial charge in [0.05, 0.1) is 0 Å². The molecule has 0 amide bonds. The molecule has 0 radical (unpaired) electrons. The van der Waals surface area contributed by atoms with Crippen LogP contribution in [-0.4, -0.2) is 7.05 Å². The van der Waals surface area contributed by atoms with Crippen molar-refractivity contribution in [3.63, 3.8) is 0 Å². The molecule has 0 saturated heterocycles. The summed E-state index contributed by atoms with van der Waals surface area (Å²) in [4.78, 5) is 0. The average Bonchev–Trinajstić information content (AvgIpc) is 2.33. The summed E-state index contributed by atoms with van der Waals surface area (Å²) in [5, 5.41) is 3.49. The average molecular weight is 203 g/mol. The summed E-state index contributed by atoms with van der Waals surface area (Å²) in [5.41, 5.74) is 1.45. The molecule has 1 aliphatic rings. The van der Waals surface area contributed by atoms with Gasteiger partial charge in [0, 0.05) is 6.04 Å². The lowest BCUT2D eigenvalue weighted by Gasteiger charge is -2.30. The Balaban J connectivity index is 2.09. The van der Waals surface area contributed by atoms with Gasteiger partial charge in [-0.15, -0.1) is 0 Å². The highest BCUT2D eigenvalue weighted by molar-refractivity contribution is 5.19. The summed E-state index contributed by atoms with van der Waals surface area (Å²) in [6.07, 6.45) is 7.04. The maximum Gasteiger partial charge on any atom is 0.0346 e. The number of hydrogen-bond donors (Lipinski definition) is 1. The van der Waals surface area contributed by atoms with E-state index >= 15 is 0 Å². The van der Waals surface area contributed by atoms with Crippen molar-refractivity contribution in [2.24, 2.45) is 5.92 Å². The van der Waals surface area contributed by atoms with Gasteiger partial charge in [-0.2, -0.15) is 0 Å². The van der Waals surface area contributed by atoms with Gasteiger partial charge < -0.3 is 5.32 Å². The maximum absolute atomic E-state index is 3.49. The summed E-state index contributed by atoms with van der Waals surface area (Å²) < 4.78 is 0. The van der Waals surface area contributed by atoms with E-state index in [1.807, 2.05) is 0 Å². The second-order valence-corrected chi connectivity index (χ2v) is 4.58. The van der Waals surface area contributed by atoms with Crippen molar-refractivity contribution < 1.29 is 0 Å². The van der Waals surface area contributed by atoms with Gasteiger partial charge in [-0.05, 0) is 31.4 Å². The maximum atomic E-state index is 3.49. The molecule has 1 atom stereocenters. The van der Waals surface area contributed by atoms with Crippen LogP contribution < -0.4 is 5.32 Å². The van der Waals surface area contributed by atoms with E-state index in [4.69, 9.17) is 0 Å². The number of benzene rings is 1. The van der Waals surface area contributed by atoms with Crippen LogP contribution in [0.2, 0.25) is 0 Å². The minimum atomic E-state index is 0.562. The largest absolute Gasteiger partial charge is 0.313 e. The normalized spacial score (nSPS) is 20.1. The standard InChI is InChI=1S/C14H21N/c1-15-14(12-8-4-2-5-9-12)13-10-6-3-7-11-13/h2,4-5,8-9,13-15H,3,6-7,10-11H2,1H3/t14-/m0/s1. The molecule has 0 aromatic heterocycles. The van der Waals surface area contributed by atoms with E-state index < -0.39 is 0 Å². The van der Waals surface area contributed by atoms with Crippen LogP contribution in [0, 0.1) is 5.92 Å². The molecule has 1 aromatic rings. The molecule has 0 heterocycles. The highest BCUT2D eigenvalue weighted by Crippen LogP contribution is 2.33. The Morgan fingerprint density at radius 3 is 2.33 bits per heavy atom. The van der Waals surface area contributed by atoms with Gasteiger partial charge in [-0.3, -0.25) is 0 Å². The van der Waals surface area contributed by atoms with Crippen molar-refractivity contribution in [2.45, 2.75) is 38.1 Å². The molecule has 0 aliphatic heterocycles. The van der Waals surface area contributed by atoms with E-state index in [1.165, 1.54) is 37.7 Å².